The molecule has 0 aromatic carbocycles. The van der Waals surface area contributed by atoms with E-state index in [-0.39, 0.29) is 5.91 Å². The second-order valence-corrected chi connectivity index (χ2v) is 5.11. The van der Waals surface area contributed by atoms with Crippen LogP contribution in [0.5, 0.6) is 0 Å². The molecule has 2 rings (SSSR count). The molecule has 1 saturated heterocycles. The molecule has 6 nitrogen and oxygen atoms in total. The minimum Gasteiger partial charge on any atom is -0.395 e. The van der Waals surface area contributed by atoms with Crippen LogP contribution in [-0.2, 0) is 7.05 Å². The number of hydrogen-bond acceptors (Lipinski definition) is 4. The van der Waals surface area contributed by atoms with E-state index in [2.05, 4.69) is 22.2 Å². The third-order valence-electron chi connectivity index (χ3n) is 3.89. The summed E-state index contributed by atoms with van der Waals surface area (Å²) in [6.07, 6.45) is 2.36. The lowest BCUT2D eigenvalue weighted by Crippen LogP contribution is -2.40. The monoisotopic (exact) mass is 265 g/mol. The summed E-state index contributed by atoms with van der Waals surface area (Å²) < 4.78 is 1.55. The Balaban J connectivity index is 1.98. The zero-order chi connectivity index (χ0) is 14.0. The van der Waals surface area contributed by atoms with E-state index in [4.69, 9.17) is 5.73 Å². The Hall–Kier alpha value is -1.56. The molecule has 19 heavy (non-hydrogen) atoms. The maximum absolute atomic E-state index is 12.2. The van der Waals surface area contributed by atoms with Gasteiger partial charge in [0, 0.05) is 19.6 Å². The summed E-state index contributed by atoms with van der Waals surface area (Å²) in [6.45, 7) is 6.80. The second kappa shape index (κ2) is 5.61. The van der Waals surface area contributed by atoms with Crippen molar-refractivity contribution in [1.29, 1.82) is 0 Å². The van der Waals surface area contributed by atoms with Gasteiger partial charge in [0.1, 0.15) is 5.69 Å². The van der Waals surface area contributed by atoms with E-state index in [1.807, 2.05) is 6.92 Å². The highest BCUT2D eigenvalue weighted by molar-refractivity contribution is 5.97. The number of nitrogens with zero attached hydrogens (tertiary/aromatic N) is 3. The number of amides is 1. The molecule has 0 saturated carbocycles. The van der Waals surface area contributed by atoms with Gasteiger partial charge < -0.3 is 11.1 Å². The zero-order valence-corrected chi connectivity index (χ0v) is 11.9. The molecule has 1 fully saturated rings. The van der Waals surface area contributed by atoms with Crippen LogP contribution in [0.15, 0.2) is 0 Å². The normalized spacial score (nSPS) is 19.8. The standard InChI is InChI=1S/C13H23N5O/c1-4-18-7-5-6-10(18)8-15-13(19)12-11(14)9(2)16-17(12)3/h10H,4-8,14H2,1-3H3,(H,15,19). The van der Waals surface area contributed by atoms with Crippen LogP contribution in [0.1, 0.15) is 35.9 Å². The number of aromatic nitrogens is 2. The van der Waals surface area contributed by atoms with Gasteiger partial charge in [-0.25, -0.2) is 0 Å². The first-order chi connectivity index (χ1) is 9.04. The Morgan fingerprint density at radius 1 is 1.58 bits per heavy atom. The Labute approximate surface area is 113 Å². The molecule has 1 aromatic rings. The summed E-state index contributed by atoms with van der Waals surface area (Å²) in [6, 6.07) is 0.449. The van der Waals surface area contributed by atoms with Crippen LogP contribution >= 0.6 is 0 Å². The number of nitrogen functional groups attached to an aromatic ring is 1. The number of likely N-dealkylation sites (tertiary alicyclic amines) is 1. The number of aryl methyl sites for hydroxylation is 2. The van der Waals surface area contributed by atoms with Gasteiger partial charge in [0.2, 0.25) is 0 Å². The maximum Gasteiger partial charge on any atom is 0.271 e. The third kappa shape index (κ3) is 2.73. The topological polar surface area (TPSA) is 76.2 Å². The van der Waals surface area contributed by atoms with Gasteiger partial charge in [0.05, 0.1) is 11.4 Å². The van der Waals surface area contributed by atoms with Gasteiger partial charge in [-0.05, 0) is 32.9 Å². The number of carbonyl (C=O) groups is 1. The molecular weight excluding hydrogens is 242 g/mol. The fourth-order valence-electron chi connectivity index (χ4n) is 2.78. The Kier molecular flexibility index (Phi) is 4.09. The maximum atomic E-state index is 12.2. The summed E-state index contributed by atoms with van der Waals surface area (Å²) in [4.78, 5) is 14.6. The molecule has 1 unspecified atom stereocenters. The van der Waals surface area contributed by atoms with Crippen LogP contribution in [0.3, 0.4) is 0 Å². The van der Waals surface area contributed by atoms with Crippen molar-refractivity contribution in [2.45, 2.75) is 32.7 Å². The molecule has 106 valence electrons. The van der Waals surface area contributed by atoms with E-state index in [1.165, 1.54) is 6.42 Å². The van der Waals surface area contributed by atoms with Gasteiger partial charge in [0.15, 0.2) is 0 Å². The van der Waals surface area contributed by atoms with Gasteiger partial charge in [-0.15, -0.1) is 0 Å². The van der Waals surface area contributed by atoms with Crippen molar-refractivity contribution >= 4 is 11.6 Å². The van der Waals surface area contributed by atoms with Gasteiger partial charge in [-0.1, -0.05) is 6.92 Å². The Bertz CT molecular complexity index is 468. The van der Waals surface area contributed by atoms with E-state index in [0.29, 0.717) is 29.7 Å². The van der Waals surface area contributed by atoms with E-state index in [1.54, 1.807) is 11.7 Å². The summed E-state index contributed by atoms with van der Waals surface area (Å²) in [5.74, 6) is -0.136. The molecule has 1 aliphatic heterocycles. The van der Waals surface area contributed by atoms with Crippen molar-refractivity contribution in [1.82, 2.24) is 20.0 Å². The van der Waals surface area contributed by atoms with Crippen LogP contribution in [0.4, 0.5) is 5.69 Å². The fourth-order valence-corrected chi connectivity index (χ4v) is 2.78. The highest BCUT2D eigenvalue weighted by Gasteiger charge is 2.24. The highest BCUT2D eigenvalue weighted by atomic mass is 16.2. The van der Waals surface area contributed by atoms with Gasteiger partial charge in [-0.2, -0.15) is 5.10 Å². The number of hydrogen-bond donors (Lipinski definition) is 2. The van der Waals surface area contributed by atoms with Crippen LogP contribution in [0.25, 0.3) is 0 Å². The van der Waals surface area contributed by atoms with E-state index in [9.17, 15) is 4.79 Å². The van der Waals surface area contributed by atoms with Crippen LogP contribution < -0.4 is 11.1 Å². The van der Waals surface area contributed by atoms with Crippen molar-refractivity contribution in [3.05, 3.63) is 11.4 Å². The molecule has 1 aromatic heterocycles. The van der Waals surface area contributed by atoms with E-state index >= 15 is 0 Å². The molecule has 6 heteroatoms. The highest BCUT2D eigenvalue weighted by Crippen LogP contribution is 2.17. The number of nitrogens with two attached hydrogens (primary N) is 1. The molecule has 0 bridgehead atoms. The number of nitrogens with one attached hydrogen (secondary N) is 1. The number of anilines is 1. The molecule has 0 aliphatic carbocycles. The van der Waals surface area contributed by atoms with Crippen molar-refractivity contribution in [3.63, 3.8) is 0 Å². The molecule has 0 radical (unpaired) electrons. The average Bonchev–Trinajstić information content (AvgIpc) is 2.92. The third-order valence-corrected chi connectivity index (χ3v) is 3.89. The fraction of sp³-hybridized carbons (Fsp3) is 0.692. The number of rotatable bonds is 4. The van der Waals surface area contributed by atoms with Crippen LogP contribution in [-0.4, -0.2) is 46.3 Å². The van der Waals surface area contributed by atoms with Crippen molar-refractivity contribution in [3.8, 4) is 0 Å². The Morgan fingerprint density at radius 2 is 2.32 bits per heavy atom. The smallest absolute Gasteiger partial charge is 0.271 e. The van der Waals surface area contributed by atoms with Crippen LogP contribution in [0.2, 0.25) is 0 Å². The van der Waals surface area contributed by atoms with Gasteiger partial charge in [-0.3, -0.25) is 14.4 Å². The summed E-state index contributed by atoms with van der Waals surface area (Å²) in [7, 11) is 1.74. The first-order valence-electron chi connectivity index (χ1n) is 6.86. The predicted octanol–water partition coefficient (Wildman–Crippen LogP) is 0.525. The van der Waals surface area contributed by atoms with Crippen LogP contribution in [0, 0.1) is 6.92 Å². The van der Waals surface area contributed by atoms with E-state index < -0.39 is 0 Å². The zero-order valence-electron chi connectivity index (χ0n) is 11.9. The lowest BCUT2D eigenvalue weighted by Gasteiger charge is -2.22. The number of likely N-dealkylation sites (N-methyl/N-ethyl adjacent to an activating group) is 1. The summed E-state index contributed by atoms with van der Waals surface area (Å²) in [5, 5.41) is 7.14. The first kappa shape index (κ1) is 13.9. The number of carbonyl (C=O) groups excluding carboxylic acids is 1. The molecule has 1 atom stereocenters. The largest absolute Gasteiger partial charge is 0.395 e. The quantitative estimate of drug-likeness (QED) is 0.832. The average molecular weight is 265 g/mol. The summed E-state index contributed by atoms with van der Waals surface area (Å²) >= 11 is 0. The van der Waals surface area contributed by atoms with Crippen molar-refractivity contribution in [2.24, 2.45) is 7.05 Å². The van der Waals surface area contributed by atoms with Crippen molar-refractivity contribution in [2.75, 3.05) is 25.4 Å². The molecule has 1 amide bonds. The molecule has 0 spiro atoms. The van der Waals surface area contributed by atoms with Gasteiger partial charge in [0.25, 0.3) is 5.91 Å². The lowest BCUT2D eigenvalue weighted by molar-refractivity contribution is 0.0933. The summed E-state index contributed by atoms with van der Waals surface area (Å²) in [5.41, 5.74) is 7.51. The molecule has 2 heterocycles. The minimum absolute atomic E-state index is 0.136. The Morgan fingerprint density at radius 3 is 2.89 bits per heavy atom. The lowest BCUT2D eigenvalue weighted by atomic mass is 10.2. The first-order valence-corrected chi connectivity index (χ1v) is 6.86. The molecule has 3 N–H and O–H groups in total. The minimum atomic E-state index is -0.136. The second-order valence-electron chi connectivity index (χ2n) is 5.11. The van der Waals surface area contributed by atoms with Crippen molar-refractivity contribution < 1.29 is 4.79 Å². The SMILES string of the molecule is CCN1CCCC1CNC(=O)c1c(N)c(C)nn1C. The molecule has 1 aliphatic rings. The predicted molar refractivity (Wildman–Crippen MR) is 75.0 cm³/mol. The molecular formula is C13H23N5O. The van der Waals surface area contributed by atoms with Gasteiger partial charge >= 0.3 is 0 Å². The van der Waals surface area contributed by atoms with E-state index in [0.717, 1.165) is 19.5 Å².